The molecule has 0 aliphatic carbocycles. The van der Waals surface area contributed by atoms with Gasteiger partial charge in [0, 0.05) is 35.2 Å². The molecule has 155 valence electrons. The fraction of sp³-hybridized carbons (Fsp3) is 0.824. The van der Waals surface area contributed by atoms with E-state index in [1.54, 1.807) is 13.8 Å². The van der Waals surface area contributed by atoms with E-state index in [4.69, 9.17) is 19.7 Å². The Morgan fingerprint density at radius 2 is 1.74 bits per heavy atom. The largest absolute Gasteiger partial charge is 1.00 e. The Hall–Kier alpha value is 0.205. The summed E-state index contributed by atoms with van der Waals surface area (Å²) < 4.78 is 9.72. The number of ketones is 2. The van der Waals surface area contributed by atoms with Gasteiger partial charge in [-0.1, -0.05) is 0 Å². The van der Waals surface area contributed by atoms with Gasteiger partial charge in [0.05, 0.1) is 18.6 Å². The molecule has 0 bridgehead atoms. The molecule has 0 aromatic rings. The van der Waals surface area contributed by atoms with E-state index in [0.29, 0.717) is 19.1 Å². The van der Waals surface area contributed by atoms with Crippen molar-refractivity contribution >= 4 is 36.8 Å². The third-order valence-corrected chi connectivity index (χ3v) is 2.39. The van der Waals surface area contributed by atoms with Crippen LogP contribution >= 0.6 is 11.6 Å². The van der Waals surface area contributed by atoms with E-state index < -0.39 is 0 Å². The Bertz CT molecular complexity index is 356. The molecule has 0 aromatic heterocycles. The van der Waals surface area contributed by atoms with Gasteiger partial charge in [-0.25, -0.2) is 0 Å². The predicted octanol–water partition coefficient (Wildman–Crippen LogP) is -1.38. The molecule has 2 atom stereocenters. The number of aliphatic hydroxyl groups excluding tert-OH is 2. The van der Waals surface area contributed by atoms with Crippen molar-refractivity contribution in [2.75, 3.05) is 26.4 Å². The van der Waals surface area contributed by atoms with E-state index in [2.05, 4.69) is 18.5 Å². The molecule has 1 saturated heterocycles. The van der Waals surface area contributed by atoms with E-state index in [9.17, 15) is 14.4 Å². The van der Waals surface area contributed by atoms with Crippen molar-refractivity contribution < 1.29 is 65.1 Å². The average Bonchev–Trinajstić information content (AvgIpc) is 2.43. The number of rotatable bonds is 7. The number of ether oxygens (including phenoxy) is 2. The fourth-order valence-electron chi connectivity index (χ4n) is 1.08. The summed E-state index contributed by atoms with van der Waals surface area (Å²) in [5, 5.41) is 16.1. The van der Waals surface area contributed by atoms with Gasteiger partial charge in [0.15, 0.2) is 5.78 Å². The van der Waals surface area contributed by atoms with Gasteiger partial charge >= 0.3 is 29.6 Å². The molecule has 1 heterocycles. The first-order chi connectivity index (χ1) is 11.6. The van der Waals surface area contributed by atoms with Gasteiger partial charge in [-0.2, -0.15) is 0 Å². The number of halogens is 1. The zero-order valence-electron chi connectivity index (χ0n) is 18.5. The average molecular weight is 420 g/mol. The zero-order valence-corrected chi connectivity index (χ0v) is 20.3. The van der Waals surface area contributed by atoms with E-state index >= 15 is 0 Å². The molecule has 27 heavy (non-hydrogen) atoms. The molecule has 0 amide bonds. The maximum absolute atomic E-state index is 10.7. The molecule has 0 saturated carbocycles. The number of carbonyl (C=O) groups excluding carboxylic acids is 3. The third-order valence-electron chi connectivity index (χ3n) is 2.39. The fourth-order valence-corrected chi connectivity index (χ4v) is 1.08. The number of aliphatic hydroxyl groups is 2. The van der Waals surface area contributed by atoms with Crippen LogP contribution in [0.2, 0.25) is 0 Å². The molecule has 2 unspecified atom stereocenters. The maximum Gasteiger partial charge on any atom is 1.00 e. The van der Waals surface area contributed by atoms with Gasteiger partial charge in [0.1, 0.15) is 12.4 Å². The minimum Gasteiger partial charge on any atom is -1.00 e. The molecule has 0 spiro atoms. The minimum absolute atomic E-state index is 0. The van der Waals surface area contributed by atoms with Crippen molar-refractivity contribution in [3.05, 3.63) is 0 Å². The first kappa shape index (κ1) is 37.9. The molecule has 7 nitrogen and oxygen atoms in total. The second-order valence-electron chi connectivity index (χ2n) is 5.36. The van der Waals surface area contributed by atoms with Crippen molar-refractivity contribution in [2.45, 2.75) is 66.1 Å². The topological polar surface area (TPSA) is 110 Å². The monoisotopic (exact) mass is 419 g/mol. The second kappa shape index (κ2) is 28.4. The van der Waals surface area contributed by atoms with Crippen molar-refractivity contribution in [2.24, 2.45) is 0 Å². The molecular weight excluding hydrogens is 385 g/mol. The summed E-state index contributed by atoms with van der Waals surface area (Å²) in [7, 11) is 0. The van der Waals surface area contributed by atoms with Crippen LogP contribution in [0.15, 0.2) is 0 Å². The molecule has 2 N–H and O–H groups in total. The van der Waals surface area contributed by atoms with Gasteiger partial charge < -0.3 is 21.1 Å². The van der Waals surface area contributed by atoms with E-state index in [1.807, 2.05) is 0 Å². The summed E-state index contributed by atoms with van der Waals surface area (Å²) in [6.45, 7) is 9.88. The molecule has 1 aliphatic rings. The van der Waals surface area contributed by atoms with Crippen LogP contribution in [0.5, 0.6) is 0 Å². The van der Waals surface area contributed by atoms with E-state index in [0.717, 1.165) is 6.61 Å². The van der Waals surface area contributed by atoms with Gasteiger partial charge in [0.2, 0.25) is 5.24 Å². The van der Waals surface area contributed by atoms with Crippen LogP contribution in [-0.4, -0.2) is 74.1 Å². The van der Waals surface area contributed by atoms with Crippen LogP contribution in [0.1, 0.15) is 55.3 Å². The summed E-state index contributed by atoms with van der Waals surface area (Å²) in [5.74, 6) is -0.251. The van der Waals surface area contributed by atoms with Crippen LogP contribution in [0.4, 0.5) is 0 Å². The van der Waals surface area contributed by atoms with Gasteiger partial charge in [-0.05, 0) is 52.1 Å². The molecule has 0 aromatic carbocycles. The van der Waals surface area contributed by atoms with Crippen molar-refractivity contribution in [3.63, 3.8) is 0 Å². The molecule has 3 radical (unpaired) electrons. The van der Waals surface area contributed by atoms with Crippen LogP contribution < -0.4 is 29.6 Å². The maximum atomic E-state index is 10.7. The number of hydrogen-bond donors (Lipinski definition) is 2. The van der Waals surface area contributed by atoms with Crippen molar-refractivity contribution in [1.29, 1.82) is 0 Å². The van der Waals surface area contributed by atoms with Crippen molar-refractivity contribution in [1.82, 2.24) is 0 Å². The first-order valence-corrected chi connectivity index (χ1v) is 8.59. The van der Waals surface area contributed by atoms with Gasteiger partial charge in [0.25, 0.3) is 0 Å². The number of Topliss-reactive ketones (excluding diaryl/α,β-unsaturated/α-hetero) is 2. The van der Waals surface area contributed by atoms with Crippen LogP contribution in [-0.2, 0) is 23.9 Å². The van der Waals surface area contributed by atoms with E-state index in [1.165, 1.54) is 20.3 Å². The molecule has 1 aliphatic heterocycles. The Morgan fingerprint density at radius 1 is 1.33 bits per heavy atom. The summed E-state index contributed by atoms with van der Waals surface area (Å²) in [6, 6.07) is 0. The summed E-state index contributed by atoms with van der Waals surface area (Å²) in [5.41, 5.74) is 0. The SMILES string of the molecule is CC(=O)Cl.CC(O)CCO.CC1CCO1.CCOCC(=O)CC(C)=O.[B].[H-].[Na+]. The standard InChI is InChI=1S/C7H12O3.C4H10O2.C4H8O.C2H3ClO.B.Na.H/c1-3-10-5-7(9)4-6(2)8;1-4(6)2-3-5;1-4-2-3-5-4;1-2(3)4;;;/h3-5H2,1-2H3;4-6H,2-3H2,1H3;4H,2-3H2,1H3;1H3;;;/q;;;;;+1;-1. The zero-order chi connectivity index (χ0) is 20.3. The number of carbonyl (C=O) groups is 3. The molecule has 1 rings (SSSR count). The molecule has 1 fully saturated rings. The minimum atomic E-state index is -0.361. The quantitative estimate of drug-likeness (QED) is 0.297. The Balaban J connectivity index is -0.0000000588. The third kappa shape index (κ3) is 51.9. The van der Waals surface area contributed by atoms with Crippen LogP contribution in [0, 0.1) is 0 Å². The number of hydrogen-bond acceptors (Lipinski definition) is 7. The Kier molecular flexibility index (Phi) is 39.9. The van der Waals surface area contributed by atoms with Crippen LogP contribution in [0.25, 0.3) is 0 Å². The molecular formula is C17H34BClNaO7. The Labute approximate surface area is 193 Å². The smallest absolute Gasteiger partial charge is 1.00 e. The summed E-state index contributed by atoms with van der Waals surface area (Å²) in [6.07, 6.45) is 1.96. The molecule has 10 heteroatoms. The summed E-state index contributed by atoms with van der Waals surface area (Å²) in [4.78, 5) is 30.2. The van der Waals surface area contributed by atoms with Crippen molar-refractivity contribution in [3.8, 4) is 0 Å². The van der Waals surface area contributed by atoms with E-state index in [-0.39, 0.29) is 81.9 Å². The Morgan fingerprint density at radius 3 is 1.89 bits per heavy atom. The van der Waals surface area contributed by atoms with Gasteiger partial charge in [-0.15, -0.1) is 0 Å². The summed E-state index contributed by atoms with van der Waals surface area (Å²) >= 11 is 4.64. The normalized spacial score (nSPS) is 14.4. The second-order valence-corrected chi connectivity index (χ2v) is 5.89. The van der Waals surface area contributed by atoms with Crippen LogP contribution in [0.3, 0.4) is 0 Å². The predicted molar refractivity (Wildman–Crippen MR) is 104 cm³/mol. The first-order valence-electron chi connectivity index (χ1n) is 8.22. The van der Waals surface area contributed by atoms with Gasteiger partial charge in [-0.3, -0.25) is 14.4 Å².